The van der Waals surface area contributed by atoms with Crippen LogP contribution in [0, 0.1) is 10.1 Å². The summed E-state index contributed by atoms with van der Waals surface area (Å²) in [5.74, 6) is 0.509. The van der Waals surface area contributed by atoms with E-state index < -0.39 is 0 Å². The summed E-state index contributed by atoms with van der Waals surface area (Å²) in [5.41, 5.74) is 1.07. The lowest BCUT2D eigenvalue weighted by Gasteiger charge is -2.24. The average Bonchev–Trinajstić information content (AvgIpc) is 3.22. The summed E-state index contributed by atoms with van der Waals surface area (Å²) in [6.45, 7) is 0.769. The van der Waals surface area contributed by atoms with Crippen molar-refractivity contribution in [2.24, 2.45) is 0 Å². The molecule has 4 rings (SSSR count). The number of rotatable bonds is 3. The van der Waals surface area contributed by atoms with Crippen molar-refractivity contribution in [3.63, 3.8) is 0 Å². The van der Waals surface area contributed by atoms with Gasteiger partial charge in [0.2, 0.25) is 5.82 Å². The Bertz CT molecular complexity index is 828. The lowest BCUT2D eigenvalue weighted by Crippen LogP contribution is -2.23. The maximum atomic E-state index is 11.5. The zero-order chi connectivity index (χ0) is 15.1. The van der Waals surface area contributed by atoms with Gasteiger partial charge in [0.05, 0.1) is 6.04 Å². The Hall–Kier alpha value is -2.48. The van der Waals surface area contributed by atoms with Gasteiger partial charge >= 0.3 is 5.82 Å². The first-order valence-electron chi connectivity index (χ1n) is 7.02. The molecule has 112 valence electrons. The van der Waals surface area contributed by atoms with Gasteiger partial charge in [0.15, 0.2) is 0 Å². The van der Waals surface area contributed by atoms with Crippen LogP contribution in [0.2, 0.25) is 0 Å². The van der Waals surface area contributed by atoms with E-state index >= 15 is 0 Å². The number of fused-ring (bicyclic) bond motifs is 1. The first-order valence-corrected chi connectivity index (χ1v) is 7.90. The van der Waals surface area contributed by atoms with E-state index in [1.165, 1.54) is 11.3 Å². The van der Waals surface area contributed by atoms with E-state index in [9.17, 15) is 10.1 Å². The van der Waals surface area contributed by atoms with Crippen molar-refractivity contribution < 1.29 is 4.92 Å². The highest BCUT2D eigenvalue weighted by Crippen LogP contribution is 2.40. The molecule has 1 atom stereocenters. The molecule has 0 aliphatic carbocycles. The van der Waals surface area contributed by atoms with Gasteiger partial charge in [-0.3, -0.25) is 4.98 Å². The zero-order valence-electron chi connectivity index (χ0n) is 11.6. The van der Waals surface area contributed by atoms with Crippen LogP contribution < -0.4 is 4.90 Å². The zero-order valence-corrected chi connectivity index (χ0v) is 12.4. The summed E-state index contributed by atoms with van der Waals surface area (Å²) in [6, 6.07) is 4.00. The summed E-state index contributed by atoms with van der Waals surface area (Å²) in [5, 5.41) is 13.3. The lowest BCUT2D eigenvalue weighted by atomic mass is 10.1. The second-order valence-electron chi connectivity index (χ2n) is 5.21. The fraction of sp³-hybridized carbons (Fsp3) is 0.286. The first kappa shape index (κ1) is 13.2. The minimum Gasteiger partial charge on any atom is -0.358 e. The molecular weight excluding hydrogens is 302 g/mol. The molecular formula is C14H13N5O2S. The second-order valence-corrected chi connectivity index (χ2v) is 6.08. The van der Waals surface area contributed by atoms with E-state index in [1.807, 2.05) is 28.6 Å². The Balaban J connectivity index is 1.82. The van der Waals surface area contributed by atoms with Gasteiger partial charge in [-0.25, -0.2) is 0 Å². The molecule has 1 aliphatic heterocycles. The van der Waals surface area contributed by atoms with Crippen LogP contribution in [0.3, 0.4) is 0 Å². The molecule has 0 amide bonds. The van der Waals surface area contributed by atoms with Gasteiger partial charge in [-0.15, -0.1) is 0 Å². The molecule has 3 aromatic heterocycles. The first-order chi connectivity index (χ1) is 10.8. The molecule has 1 unspecified atom stereocenters. The van der Waals surface area contributed by atoms with Gasteiger partial charge in [0, 0.05) is 24.3 Å². The fourth-order valence-corrected chi connectivity index (χ4v) is 3.77. The van der Waals surface area contributed by atoms with Crippen molar-refractivity contribution in [1.29, 1.82) is 0 Å². The van der Waals surface area contributed by atoms with Crippen LogP contribution in [0.15, 0.2) is 36.1 Å². The summed E-state index contributed by atoms with van der Waals surface area (Å²) in [4.78, 5) is 22.5. The molecule has 1 aliphatic rings. The maximum absolute atomic E-state index is 11.5. The Morgan fingerprint density at radius 3 is 3.14 bits per heavy atom. The number of thiazole rings is 1. The lowest BCUT2D eigenvalue weighted by molar-refractivity contribution is -0.389. The quantitative estimate of drug-likeness (QED) is 0.548. The standard InChI is InChI=1S/C14H13N5O2S/c20-19(21)13-12(16-14-18(13)7-8-22-14)17-6-2-4-11(17)10-3-1-5-15-9-10/h1,3,5,7-9,11H,2,4,6H2. The van der Waals surface area contributed by atoms with E-state index in [0.717, 1.165) is 24.9 Å². The Morgan fingerprint density at radius 2 is 2.36 bits per heavy atom. The van der Waals surface area contributed by atoms with Crippen LogP contribution in [0.4, 0.5) is 11.6 Å². The molecule has 0 N–H and O–H groups in total. The van der Waals surface area contributed by atoms with Gasteiger partial charge in [0.25, 0.3) is 4.96 Å². The fourth-order valence-electron chi connectivity index (χ4n) is 3.06. The molecule has 7 nitrogen and oxygen atoms in total. The molecule has 0 aromatic carbocycles. The molecule has 22 heavy (non-hydrogen) atoms. The molecule has 8 heteroatoms. The summed E-state index contributed by atoms with van der Waals surface area (Å²) < 4.78 is 1.55. The van der Waals surface area contributed by atoms with Crippen LogP contribution in [-0.4, -0.2) is 25.8 Å². The number of imidazole rings is 1. The summed E-state index contributed by atoms with van der Waals surface area (Å²) in [7, 11) is 0. The van der Waals surface area contributed by atoms with Crippen molar-refractivity contribution in [1.82, 2.24) is 14.4 Å². The topological polar surface area (TPSA) is 76.6 Å². The molecule has 4 heterocycles. The predicted octanol–water partition coefficient (Wildman–Crippen LogP) is 3.04. The number of aromatic nitrogens is 3. The minimum absolute atomic E-state index is 0.0482. The highest BCUT2D eigenvalue weighted by Gasteiger charge is 2.35. The van der Waals surface area contributed by atoms with Gasteiger partial charge in [-0.05, 0) is 29.4 Å². The van der Waals surface area contributed by atoms with Crippen molar-refractivity contribution in [3.8, 4) is 0 Å². The van der Waals surface area contributed by atoms with E-state index in [2.05, 4.69) is 9.97 Å². The summed E-state index contributed by atoms with van der Waals surface area (Å²) in [6.07, 6.45) is 7.20. The minimum atomic E-state index is -0.347. The van der Waals surface area contributed by atoms with Gasteiger partial charge < -0.3 is 15.0 Å². The average molecular weight is 315 g/mol. The van der Waals surface area contributed by atoms with Gasteiger partial charge in [0.1, 0.15) is 6.20 Å². The highest BCUT2D eigenvalue weighted by atomic mass is 32.1. The van der Waals surface area contributed by atoms with Crippen LogP contribution in [0.1, 0.15) is 24.4 Å². The molecule has 0 radical (unpaired) electrons. The smallest absolute Gasteiger partial charge is 0.358 e. The van der Waals surface area contributed by atoms with Crippen molar-refractivity contribution in [2.45, 2.75) is 18.9 Å². The van der Waals surface area contributed by atoms with E-state index in [1.54, 1.807) is 16.8 Å². The highest BCUT2D eigenvalue weighted by molar-refractivity contribution is 7.15. The Kier molecular flexibility index (Phi) is 3.04. The van der Waals surface area contributed by atoms with Crippen molar-refractivity contribution in [2.75, 3.05) is 11.4 Å². The van der Waals surface area contributed by atoms with Crippen LogP contribution in [0.25, 0.3) is 4.96 Å². The van der Waals surface area contributed by atoms with E-state index in [4.69, 9.17) is 0 Å². The molecule has 1 fully saturated rings. The van der Waals surface area contributed by atoms with Gasteiger partial charge in [-0.1, -0.05) is 17.4 Å². The van der Waals surface area contributed by atoms with E-state index in [0.29, 0.717) is 10.8 Å². The molecule has 3 aromatic rings. The van der Waals surface area contributed by atoms with E-state index in [-0.39, 0.29) is 16.8 Å². The normalized spacial score (nSPS) is 18.2. The maximum Gasteiger partial charge on any atom is 0.373 e. The van der Waals surface area contributed by atoms with Crippen molar-refractivity contribution >= 4 is 27.9 Å². The largest absolute Gasteiger partial charge is 0.373 e. The van der Waals surface area contributed by atoms with Crippen LogP contribution in [-0.2, 0) is 0 Å². The third kappa shape index (κ3) is 1.95. The number of hydrogen-bond acceptors (Lipinski definition) is 6. The third-order valence-corrected chi connectivity index (χ3v) is 4.74. The Labute approximate surface area is 130 Å². The molecule has 1 saturated heterocycles. The molecule has 0 saturated carbocycles. The van der Waals surface area contributed by atoms with Gasteiger partial charge in [-0.2, -0.15) is 9.38 Å². The number of anilines is 1. The SMILES string of the molecule is O=[N+]([O-])c1c(N2CCCC2c2cccnc2)nc2sccn12. The number of nitrogens with zero attached hydrogens (tertiary/aromatic N) is 5. The summed E-state index contributed by atoms with van der Waals surface area (Å²) >= 11 is 1.40. The molecule has 0 bridgehead atoms. The molecule has 0 spiro atoms. The monoisotopic (exact) mass is 315 g/mol. The second kappa shape index (κ2) is 5.06. The number of hydrogen-bond donors (Lipinski definition) is 0. The van der Waals surface area contributed by atoms with Crippen LogP contribution >= 0.6 is 11.3 Å². The predicted molar refractivity (Wildman–Crippen MR) is 83.3 cm³/mol. The third-order valence-electron chi connectivity index (χ3n) is 3.99. The number of nitro groups is 1. The number of pyridine rings is 1. The Morgan fingerprint density at radius 1 is 1.45 bits per heavy atom. The van der Waals surface area contributed by atoms with Crippen LogP contribution in [0.5, 0.6) is 0 Å². The van der Waals surface area contributed by atoms with Crippen molar-refractivity contribution in [3.05, 3.63) is 51.8 Å².